The van der Waals surface area contributed by atoms with Crippen LogP contribution in [0.1, 0.15) is 18.6 Å². The first-order valence-corrected chi connectivity index (χ1v) is 3.80. The second-order valence-electron chi connectivity index (χ2n) is 3.08. The average molecular weight is 149 g/mol. The molecule has 58 valence electrons. The largest absolute Gasteiger partial charge is 0.465 e. The van der Waals surface area contributed by atoms with Crippen LogP contribution in [0, 0.1) is 0 Å². The van der Waals surface area contributed by atoms with Crippen LogP contribution in [0.15, 0.2) is 28.9 Å². The molecule has 0 aromatic carbocycles. The SMILES string of the molecule is NC1(/C=C/c2ccco2)CC1. The summed E-state index contributed by atoms with van der Waals surface area (Å²) in [5, 5.41) is 0. The normalized spacial score (nSPS) is 20.8. The van der Waals surface area contributed by atoms with Crippen LogP contribution in [-0.4, -0.2) is 5.54 Å². The molecule has 1 aliphatic carbocycles. The van der Waals surface area contributed by atoms with Crippen LogP contribution in [-0.2, 0) is 0 Å². The zero-order valence-electron chi connectivity index (χ0n) is 6.29. The molecule has 1 aliphatic rings. The lowest BCUT2D eigenvalue weighted by molar-refractivity contribution is 0.556. The van der Waals surface area contributed by atoms with Gasteiger partial charge < -0.3 is 10.2 Å². The Kier molecular flexibility index (Phi) is 1.36. The monoisotopic (exact) mass is 149 g/mol. The molecule has 2 nitrogen and oxygen atoms in total. The Balaban J connectivity index is 2.05. The van der Waals surface area contributed by atoms with Crippen LogP contribution < -0.4 is 5.73 Å². The van der Waals surface area contributed by atoms with Crippen molar-refractivity contribution >= 4 is 6.08 Å². The lowest BCUT2D eigenvalue weighted by Gasteiger charge is -1.96. The van der Waals surface area contributed by atoms with Gasteiger partial charge in [-0.1, -0.05) is 6.08 Å². The van der Waals surface area contributed by atoms with Gasteiger partial charge >= 0.3 is 0 Å². The number of nitrogens with two attached hydrogens (primary N) is 1. The first kappa shape index (κ1) is 6.68. The van der Waals surface area contributed by atoms with E-state index in [0.717, 1.165) is 18.6 Å². The molecule has 0 atom stereocenters. The van der Waals surface area contributed by atoms with Crippen LogP contribution >= 0.6 is 0 Å². The molecule has 1 heterocycles. The van der Waals surface area contributed by atoms with Crippen LogP contribution in [0.2, 0.25) is 0 Å². The molecule has 0 spiro atoms. The maximum atomic E-state index is 5.83. The van der Waals surface area contributed by atoms with Gasteiger partial charge in [-0.2, -0.15) is 0 Å². The van der Waals surface area contributed by atoms with Crippen LogP contribution in [0.3, 0.4) is 0 Å². The molecule has 1 saturated carbocycles. The molecular formula is C9H11NO. The highest BCUT2D eigenvalue weighted by molar-refractivity contribution is 5.46. The topological polar surface area (TPSA) is 39.2 Å². The second kappa shape index (κ2) is 2.24. The molecule has 1 aromatic rings. The van der Waals surface area contributed by atoms with E-state index in [1.807, 2.05) is 24.3 Å². The maximum Gasteiger partial charge on any atom is 0.126 e. The molecule has 0 unspecified atom stereocenters. The van der Waals surface area contributed by atoms with Crippen LogP contribution in [0.4, 0.5) is 0 Å². The first-order valence-electron chi connectivity index (χ1n) is 3.80. The Hall–Kier alpha value is -1.02. The zero-order valence-corrected chi connectivity index (χ0v) is 6.29. The van der Waals surface area contributed by atoms with E-state index in [2.05, 4.69) is 0 Å². The van der Waals surface area contributed by atoms with Crippen molar-refractivity contribution in [3.8, 4) is 0 Å². The fraction of sp³-hybridized carbons (Fsp3) is 0.333. The highest BCUT2D eigenvalue weighted by Gasteiger charge is 2.34. The highest BCUT2D eigenvalue weighted by atomic mass is 16.3. The Morgan fingerprint density at radius 2 is 2.36 bits per heavy atom. The molecule has 2 rings (SSSR count). The Morgan fingerprint density at radius 3 is 2.91 bits per heavy atom. The lowest BCUT2D eigenvalue weighted by Crippen LogP contribution is -2.17. The van der Waals surface area contributed by atoms with Crippen molar-refractivity contribution in [2.75, 3.05) is 0 Å². The third-order valence-electron chi connectivity index (χ3n) is 1.95. The first-order chi connectivity index (χ1) is 5.29. The van der Waals surface area contributed by atoms with Crippen LogP contribution in [0.5, 0.6) is 0 Å². The van der Waals surface area contributed by atoms with E-state index >= 15 is 0 Å². The molecule has 1 fully saturated rings. The van der Waals surface area contributed by atoms with Gasteiger partial charge in [-0.15, -0.1) is 0 Å². The van der Waals surface area contributed by atoms with Gasteiger partial charge in [0.05, 0.1) is 6.26 Å². The van der Waals surface area contributed by atoms with Gasteiger partial charge in [-0.25, -0.2) is 0 Å². The predicted octanol–water partition coefficient (Wildman–Crippen LogP) is 1.78. The van der Waals surface area contributed by atoms with E-state index in [-0.39, 0.29) is 5.54 Å². The standard InChI is InChI=1S/C9H11NO/c10-9(5-6-9)4-3-8-2-1-7-11-8/h1-4,7H,5-6,10H2/b4-3+. The van der Waals surface area contributed by atoms with E-state index in [1.165, 1.54) is 0 Å². The molecule has 2 N–H and O–H groups in total. The lowest BCUT2D eigenvalue weighted by atomic mass is 10.2. The van der Waals surface area contributed by atoms with E-state index in [0.29, 0.717) is 0 Å². The fourth-order valence-electron chi connectivity index (χ4n) is 0.945. The third-order valence-corrected chi connectivity index (χ3v) is 1.95. The van der Waals surface area contributed by atoms with Crippen molar-refractivity contribution < 1.29 is 4.42 Å². The number of rotatable bonds is 2. The molecule has 0 bridgehead atoms. The molecule has 0 saturated heterocycles. The van der Waals surface area contributed by atoms with Gasteiger partial charge in [0.15, 0.2) is 0 Å². The minimum atomic E-state index is -0.0210. The van der Waals surface area contributed by atoms with Crippen molar-refractivity contribution in [3.05, 3.63) is 30.2 Å². The molecule has 11 heavy (non-hydrogen) atoms. The molecule has 1 aromatic heterocycles. The van der Waals surface area contributed by atoms with Gasteiger partial charge in [0.1, 0.15) is 5.76 Å². The zero-order chi connectivity index (χ0) is 7.73. The van der Waals surface area contributed by atoms with Gasteiger partial charge in [0, 0.05) is 5.54 Å². The van der Waals surface area contributed by atoms with Gasteiger partial charge in [0.2, 0.25) is 0 Å². The summed E-state index contributed by atoms with van der Waals surface area (Å²) in [6.07, 6.45) is 7.82. The Morgan fingerprint density at radius 1 is 1.55 bits per heavy atom. The number of hydrogen-bond acceptors (Lipinski definition) is 2. The summed E-state index contributed by atoms with van der Waals surface area (Å²) in [6.45, 7) is 0. The summed E-state index contributed by atoms with van der Waals surface area (Å²) in [6, 6.07) is 3.79. The highest BCUT2D eigenvalue weighted by Crippen LogP contribution is 2.33. The minimum absolute atomic E-state index is 0.0210. The van der Waals surface area contributed by atoms with Crippen LogP contribution in [0.25, 0.3) is 6.08 Å². The summed E-state index contributed by atoms with van der Waals surface area (Å²) < 4.78 is 5.11. The predicted molar refractivity (Wildman–Crippen MR) is 43.9 cm³/mol. The maximum absolute atomic E-state index is 5.83. The van der Waals surface area contributed by atoms with Crippen molar-refractivity contribution in [2.24, 2.45) is 5.73 Å². The minimum Gasteiger partial charge on any atom is -0.465 e. The molecule has 2 heteroatoms. The summed E-state index contributed by atoms with van der Waals surface area (Å²) in [7, 11) is 0. The van der Waals surface area contributed by atoms with Crippen molar-refractivity contribution in [1.82, 2.24) is 0 Å². The van der Waals surface area contributed by atoms with Crippen molar-refractivity contribution in [3.63, 3.8) is 0 Å². The van der Waals surface area contributed by atoms with E-state index in [4.69, 9.17) is 10.2 Å². The Bertz CT molecular complexity index is 257. The van der Waals surface area contributed by atoms with E-state index < -0.39 is 0 Å². The van der Waals surface area contributed by atoms with E-state index in [9.17, 15) is 0 Å². The second-order valence-corrected chi connectivity index (χ2v) is 3.08. The Labute approximate surface area is 65.7 Å². The smallest absolute Gasteiger partial charge is 0.126 e. The molecule has 0 amide bonds. The van der Waals surface area contributed by atoms with E-state index in [1.54, 1.807) is 6.26 Å². The van der Waals surface area contributed by atoms with Gasteiger partial charge in [-0.05, 0) is 31.1 Å². The molecular weight excluding hydrogens is 138 g/mol. The summed E-state index contributed by atoms with van der Waals surface area (Å²) in [4.78, 5) is 0. The third kappa shape index (κ3) is 1.52. The van der Waals surface area contributed by atoms with Gasteiger partial charge in [0.25, 0.3) is 0 Å². The van der Waals surface area contributed by atoms with Gasteiger partial charge in [-0.3, -0.25) is 0 Å². The molecule has 0 radical (unpaired) electrons. The quantitative estimate of drug-likeness (QED) is 0.696. The number of furan rings is 1. The summed E-state index contributed by atoms with van der Waals surface area (Å²) in [5.74, 6) is 0.877. The average Bonchev–Trinajstić information content (AvgIpc) is 2.53. The fourth-order valence-corrected chi connectivity index (χ4v) is 0.945. The van der Waals surface area contributed by atoms with Crippen molar-refractivity contribution in [1.29, 1.82) is 0 Å². The number of hydrogen-bond donors (Lipinski definition) is 1. The summed E-state index contributed by atoms with van der Waals surface area (Å²) in [5.41, 5.74) is 5.81. The van der Waals surface area contributed by atoms with Crippen molar-refractivity contribution in [2.45, 2.75) is 18.4 Å². The molecule has 0 aliphatic heterocycles. The summed E-state index contributed by atoms with van der Waals surface area (Å²) >= 11 is 0.